The molecule has 0 saturated heterocycles. The van der Waals surface area contributed by atoms with Crippen LogP contribution in [0.1, 0.15) is 34.6 Å². The maximum Gasteiger partial charge on any atom is 0.415 e. The molecule has 8 nitrogen and oxygen atoms in total. The van der Waals surface area contributed by atoms with Gasteiger partial charge in [0.05, 0.1) is 25.1 Å². The van der Waals surface area contributed by atoms with Gasteiger partial charge < -0.3 is 14.6 Å². The second-order valence-electron chi connectivity index (χ2n) is 8.04. The molecule has 1 unspecified atom stereocenters. The summed E-state index contributed by atoms with van der Waals surface area (Å²) in [6.07, 6.45) is 0.597. The highest BCUT2D eigenvalue weighted by Gasteiger charge is 2.44. The second kappa shape index (κ2) is 8.22. The molecular weight excluding hydrogens is 422 g/mol. The minimum Gasteiger partial charge on any atom is -0.507 e. The number of aromatic nitrogens is 2. The van der Waals surface area contributed by atoms with Gasteiger partial charge in [0.1, 0.15) is 22.8 Å². The summed E-state index contributed by atoms with van der Waals surface area (Å²) in [5.41, 5.74) is 2.96. The molecule has 1 aliphatic heterocycles. The van der Waals surface area contributed by atoms with Gasteiger partial charge in [-0.25, -0.2) is 9.79 Å². The van der Waals surface area contributed by atoms with E-state index in [0.717, 1.165) is 11.1 Å². The molecule has 8 heteroatoms. The van der Waals surface area contributed by atoms with Crippen molar-refractivity contribution in [2.45, 2.75) is 18.9 Å². The van der Waals surface area contributed by atoms with Crippen molar-refractivity contribution in [1.29, 1.82) is 0 Å². The van der Waals surface area contributed by atoms with Crippen molar-refractivity contribution < 1.29 is 19.6 Å². The fraction of sp³-hybridized carbons (Fsp3) is 0.240. The van der Waals surface area contributed by atoms with E-state index in [1.165, 1.54) is 4.57 Å². The van der Waals surface area contributed by atoms with Crippen LogP contribution < -0.4 is 21.0 Å². The van der Waals surface area contributed by atoms with Crippen molar-refractivity contribution in [3.8, 4) is 5.75 Å². The van der Waals surface area contributed by atoms with Crippen LogP contribution >= 0.6 is 0 Å². The zero-order chi connectivity index (χ0) is 23.1. The molecule has 1 aliphatic carbocycles. The van der Waals surface area contributed by atoms with Crippen LogP contribution in [0, 0.1) is 0 Å². The van der Waals surface area contributed by atoms with Crippen LogP contribution in [0.25, 0.3) is 5.76 Å². The molecule has 1 aromatic heterocycles. The first-order chi connectivity index (χ1) is 16.0. The molecular formula is C25H24N3O5+. The Morgan fingerprint density at radius 3 is 2.64 bits per heavy atom. The van der Waals surface area contributed by atoms with Gasteiger partial charge in [0.15, 0.2) is 0 Å². The summed E-state index contributed by atoms with van der Waals surface area (Å²) in [6, 6.07) is 14.9. The Morgan fingerprint density at radius 2 is 1.88 bits per heavy atom. The summed E-state index contributed by atoms with van der Waals surface area (Å²) in [4.78, 5) is 31.8. The molecule has 0 saturated carbocycles. The third-order valence-electron chi connectivity index (χ3n) is 6.19. The van der Waals surface area contributed by atoms with Gasteiger partial charge in [-0.3, -0.25) is 9.78 Å². The predicted octanol–water partition coefficient (Wildman–Crippen LogP) is 1.21. The Kier molecular flexibility index (Phi) is 5.22. The van der Waals surface area contributed by atoms with E-state index < -0.39 is 17.2 Å². The van der Waals surface area contributed by atoms with Crippen LogP contribution in [0.2, 0.25) is 0 Å². The summed E-state index contributed by atoms with van der Waals surface area (Å²) < 4.78 is 12.1. The molecule has 2 aliphatic rings. The van der Waals surface area contributed by atoms with Crippen LogP contribution in [0.5, 0.6) is 5.75 Å². The van der Waals surface area contributed by atoms with Crippen LogP contribution in [0.3, 0.4) is 0 Å². The lowest BCUT2D eigenvalue weighted by Crippen LogP contribution is -2.72. The van der Waals surface area contributed by atoms with Gasteiger partial charge in [-0.05, 0) is 23.8 Å². The van der Waals surface area contributed by atoms with Gasteiger partial charge >= 0.3 is 5.69 Å². The van der Waals surface area contributed by atoms with Crippen LogP contribution in [-0.2, 0) is 11.3 Å². The number of aliphatic hydroxyl groups excluding tert-OH is 1. The van der Waals surface area contributed by atoms with E-state index in [4.69, 9.17) is 9.47 Å². The third kappa shape index (κ3) is 3.30. The zero-order valence-electron chi connectivity index (χ0n) is 18.3. The van der Waals surface area contributed by atoms with Crippen molar-refractivity contribution in [3.05, 3.63) is 97.2 Å². The maximum absolute atomic E-state index is 13.2. The highest BCUT2D eigenvalue weighted by atomic mass is 16.5. The lowest BCUT2D eigenvalue weighted by Gasteiger charge is -2.24. The Hall–Kier alpha value is -3.91. The van der Waals surface area contributed by atoms with Gasteiger partial charge in [-0.2, -0.15) is 4.57 Å². The quantitative estimate of drug-likeness (QED) is 0.494. The molecule has 2 heterocycles. The number of benzene rings is 2. The van der Waals surface area contributed by atoms with Crippen molar-refractivity contribution in [1.82, 2.24) is 9.55 Å². The minimum atomic E-state index is -0.600. The van der Waals surface area contributed by atoms with Crippen molar-refractivity contribution in [2.24, 2.45) is 0 Å². The van der Waals surface area contributed by atoms with Gasteiger partial charge in [0.2, 0.25) is 0 Å². The van der Waals surface area contributed by atoms with Crippen molar-refractivity contribution in [3.63, 3.8) is 0 Å². The summed E-state index contributed by atoms with van der Waals surface area (Å²) in [5, 5.41) is 11.2. The largest absolute Gasteiger partial charge is 0.507 e. The van der Waals surface area contributed by atoms with Crippen molar-refractivity contribution >= 4 is 17.3 Å². The topological polar surface area (TPSA) is 108 Å². The van der Waals surface area contributed by atoms with E-state index >= 15 is 0 Å². The number of aliphatic hydroxyl groups is 1. The van der Waals surface area contributed by atoms with Gasteiger partial charge in [0, 0.05) is 31.3 Å². The molecule has 0 amide bonds. The van der Waals surface area contributed by atoms with Crippen LogP contribution in [0.4, 0.5) is 5.82 Å². The molecule has 3 aromatic rings. The number of ether oxygens (including phenoxy) is 2. The lowest BCUT2D eigenvalue weighted by molar-refractivity contribution is -0.364. The summed E-state index contributed by atoms with van der Waals surface area (Å²) in [7, 11) is 3.18. The van der Waals surface area contributed by atoms with E-state index in [-0.39, 0.29) is 5.76 Å². The molecule has 0 spiro atoms. The first kappa shape index (κ1) is 21.0. The van der Waals surface area contributed by atoms with Crippen molar-refractivity contribution in [2.75, 3.05) is 20.8 Å². The normalized spacial score (nSPS) is 16.2. The number of hydrogen-bond donors (Lipinski definition) is 3. The number of fused-ring (bicyclic) bond motifs is 4. The van der Waals surface area contributed by atoms with E-state index in [1.54, 1.807) is 14.2 Å². The molecule has 5 rings (SSSR count). The highest BCUT2D eigenvalue weighted by Crippen LogP contribution is 2.43. The Morgan fingerprint density at radius 1 is 1.09 bits per heavy atom. The predicted molar refractivity (Wildman–Crippen MR) is 123 cm³/mol. The first-order valence-corrected chi connectivity index (χ1v) is 10.7. The van der Waals surface area contributed by atoms with Crippen LogP contribution in [0.15, 0.2) is 63.7 Å². The van der Waals surface area contributed by atoms with Crippen LogP contribution in [-0.4, -0.2) is 41.2 Å². The molecule has 1 atom stereocenters. The number of H-pyrrole nitrogens is 1. The number of nitrogens with zero attached hydrogens (tertiary/aromatic N) is 1. The fourth-order valence-corrected chi connectivity index (χ4v) is 4.72. The van der Waals surface area contributed by atoms with Gasteiger partial charge in [0.25, 0.3) is 11.4 Å². The summed E-state index contributed by atoms with van der Waals surface area (Å²) in [6.45, 7) is 0.842. The average molecular weight is 446 g/mol. The lowest BCUT2D eigenvalue weighted by atomic mass is 9.81. The zero-order valence-corrected chi connectivity index (χ0v) is 18.3. The molecule has 0 fully saturated rings. The van der Waals surface area contributed by atoms with Gasteiger partial charge in [-0.1, -0.05) is 30.3 Å². The number of allylic oxidation sites excluding steroid dienone is 1. The summed E-state index contributed by atoms with van der Waals surface area (Å²) in [5.74, 6) is 0.574. The Balaban J connectivity index is 1.83. The second-order valence-corrected chi connectivity index (χ2v) is 8.04. The SMILES string of the molecule is COCCCn1c2c(c(=O)[nH]c1=O)C(c1cccc(OC)c1)C1=C(O)c3ccccc3C1=[NH+]2. The maximum atomic E-state index is 13.2. The van der Waals surface area contributed by atoms with E-state index in [2.05, 4.69) is 9.98 Å². The van der Waals surface area contributed by atoms with E-state index in [0.29, 0.717) is 53.6 Å². The molecule has 168 valence electrons. The Bertz CT molecular complexity index is 1430. The Labute approximate surface area is 189 Å². The smallest absolute Gasteiger partial charge is 0.415 e. The van der Waals surface area contributed by atoms with E-state index in [9.17, 15) is 14.7 Å². The average Bonchev–Trinajstić information content (AvgIpc) is 3.12. The monoisotopic (exact) mass is 446 g/mol. The number of nitrogens with one attached hydrogen (secondary N) is 2. The molecule has 3 N–H and O–H groups in total. The molecule has 33 heavy (non-hydrogen) atoms. The van der Waals surface area contributed by atoms with Gasteiger partial charge in [-0.15, -0.1) is 0 Å². The number of methoxy groups -OCH3 is 2. The molecule has 0 bridgehead atoms. The summed E-state index contributed by atoms with van der Waals surface area (Å²) >= 11 is 0. The standard InChI is InChI=1S/C25H23N3O5/c1-32-12-6-11-28-23-20(24(30)27-25(28)31)18(14-7-5-8-15(13-14)33-2)19-21(26-23)16-9-3-4-10-17(16)22(19)29/h3-5,7-10,13,18,29H,6,11-12H2,1-2H3,(H,27,30,31)/p+1. The van der Waals surface area contributed by atoms with E-state index in [1.807, 2.05) is 48.5 Å². The number of hydrogen-bond acceptors (Lipinski definition) is 5. The molecule has 2 aromatic carbocycles. The number of aromatic amines is 1. The number of rotatable bonds is 6. The third-order valence-corrected chi connectivity index (χ3v) is 6.19. The first-order valence-electron chi connectivity index (χ1n) is 10.7. The fourth-order valence-electron chi connectivity index (χ4n) is 4.72. The molecule has 0 radical (unpaired) electrons. The minimum absolute atomic E-state index is 0.114. The highest BCUT2D eigenvalue weighted by molar-refractivity contribution is 6.21.